The van der Waals surface area contributed by atoms with Crippen LogP contribution in [0.25, 0.3) is 6.08 Å². The van der Waals surface area contributed by atoms with Gasteiger partial charge in [0.1, 0.15) is 35.6 Å². The van der Waals surface area contributed by atoms with Crippen LogP contribution in [0.5, 0.6) is 11.5 Å². The molecule has 2 aromatic carbocycles. The van der Waals surface area contributed by atoms with Crippen molar-refractivity contribution in [2.24, 2.45) is 5.73 Å². The van der Waals surface area contributed by atoms with Crippen molar-refractivity contribution in [2.75, 3.05) is 7.11 Å². The molecule has 0 aliphatic carbocycles. The van der Waals surface area contributed by atoms with E-state index in [1.54, 1.807) is 36.4 Å². The Morgan fingerprint density at radius 1 is 1.29 bits per heavy atom. The summed E-state index contributed by atoms with van der Waals surface area (Å²) in [4.78, 5) is 11.2. The number of benzene rings is 2. The number of hydrogen-bond acceptors (Lipinski definition) is 4. The molecule has 0 radical (unpaired) electrons. The van der Waals surface area contributed by atoms with Crippen molar-refractivity contribution in [2.45, 2.75) is 6.61 Å². The second kappa shape index (κ2) is 7.79. The third kappa shape index (κ3) is 4.34. The van der Waals surface area contributed by atoms with Crippen molar-refractivity contribution in [3.05, 3.63) is 65.0 Å². The molecule has 6 heteroatoms. The van der Waals surface area contributed by atoms with Gasteiger partial charge < -0.3 is 15.2 Å². The first-order chi connectivity index (χ1) is 11.5. The van der Waals surface area contributed by atoms with E-state index in [4.69, 9.17) is 20.5 Å². The van der Waals surface area contributed by atoms with E-state index in [0.717, 1.165) is 5.56 Å². The summed E-state index contributed by atoms with van der Waals surface area (Å²) in [6, 6.07) is 12.6. The van der Waals surface area contributed by atoms with Gasteiger partial charge in [-0.25, -0.2) is 4.39 Å². The minimum absolute atomic E-state index is 0.187. The van der Waals surface area contributed by atoms with Crippen molar-refractivity contribution >= 4 is 12.0 Å². The number of hydrogen-bond donors (Lipinski definition) is 1. The first-order valence-corrected chi connectivity index (χ1v) is 7.00. The maximum atomic E-state index is 12.9. The Morgan fingerprint density at radius 2 is 2.00 bits per heavy atom. The fraction of sp³-hybridized carbons (Fsp3) is 0.111. The average molecular weight is 326 g/mol. The van der Waals surface area contributed by atoms with Crippen molar-refractivity contribution < 1.29 is 18.7 Å². The van der Waals surface area contributed by atoms with Crippen LogP contribution in [0.4, 0.5) is 4.39 Å². The van der Waals surface area contributed by atoms with Gasteiger partial charge in [0, 0.05) is 11.6 Å². The summed E-state index contributed by atoms with van der Waals surface area (Å²) in [5.74, 6) is -0.187. The molecule has 24 heavy (non-hydrogen) atoms. The highest BCUT2D eigenvalue weighted by atomic mass is 19.1. The molecule has 0 unspecified atom stereocenters. The standard InChI is InChI=1S/C18H15FN2O3/c1-23-16-7-4-13(8-14(10-20)18(21)22)17(9-16)24-11-12-2-5-15(19)6-3-12/h2-9H,11H2,1H3,(H2,21,22)/b14-8+. The number of rotatable bonds is 6. The van der Waals surface area contributed by atoms with E-state index in [1.165, 1.54) is 25.3 Å². The summed E-state index contributed by atoms with van der Waals surface area (Å²) in [5.41, 5.74) is 6.24. The lowest BCUT2D eigenvalue weighted by molar-refractivity contribution is -0.114. The third-order valence-corrected chi connectivity index (χ3v) is 3.21. The lowest BCUT2D eigenvalue weighted by atomic mass is 10.1. The van der Waals surface area contributed by atoms with Gasteiger partial charge in [0.25, 0.3) is 5.91 Å². The average Bonchev–Trinajstić information content (AvgIpc) is 2.59. The van der Waals surface area contributed by atoms with Crippen LogP contribution in [0.1, 0.15) is 11.1 Å². The number of nitriles is 1. The number of halogens is 1. The number of carbonyl (C=O) groups excluding carboxylic acids is 1. The van der Waals surface area contributed by atoms with Gasteiger partial charge in [-0.05, 0) is 35.9 Å². The zero-order valence-corrected chi connectivity index (χ0v) is 13.0. The Hall–Kier alpha value is -3.33. The van der Waals surface area contributed by atoms with Crippen LogP contribution in [0.3, 0.4) is 0 Å². The monoisotopic (exact) mass is 326 g/mol. The molecule has 122 valence electrons. The molecule has 1 amide bonds. The second-order valence-electron chi connectivity index (χ2n) is 4.85. The minimum Gasteiger partial charge on any atom is -0.497 e. The first kappa shape index (κ1) is 17.0. The maximum Gasteiger partial charge on any atom is 0.259 e. The Bertz CT molecular complexity index is 808. The largest absolute Gasteiger partial charge is 0.497 e. The van der Waals surface area contributed by atoms with Gasteiger partial charge in [0.05, 0.1) is 7.11 Å². The lowest BCUT2D eigenvalue weighted by Gasteiger charge is -2.11. The maximum absolute atomic E-state index is 12.9. The van der Waals surface area contributed by atoms with E-state index < -0.39 is 5.91 Å². The third-order valence-electron chi connectivity index (χ3n) is 3.21. The number of ether oxygens (including phenoxy) is 2. The number of nitrogens with zero attached hydrogens (tertiary/aromatic N) is 1. The van der Waals surface area contributed by atoms with Crippen molar-refractivity contribution in [1.82, 2.24) is 0 Å². The van der Waals surface area contributed by atoms with Crippen LogP contribution in [-0.2, 0) is 11.4 Å². The van der Waals surface area contributed by atoms with E-state index in [0.29, 0.717) is 17.1 Å². The summed E-state index contributed by atoms with van der Waals surface area (Å²) < 4.78 is 23.8. The molecule has 2 rings (SSSR count). The van der Waals surface area contributed by atoms with Crippen molar-refractivity contribution in [3.8, 4) is 17.6 Å². The molecule has 2 aromatic rings. The molecule has 0 aromatic heterocycles. The predicted molar refractivity (Wildman–Crippen MR) is 86.5 cm³/mol. The van der Waals surface area contributed by atoms with Crippen LogP contribution in [0, 0.1) is 17.1 Å². The fourth-order valence-corrected chi connectivity index (χ4v) is 1.94. The molecule has 0 aliphatic heterocycles. The highest BCUT2D eigenvalue weighted by Gasteiger charge is 2.09. The van der Waals surface area contributed by atoms with E-state index >= 15 is 0 Å². The Morgan fingerprint density at radius 3 is 2.58 bits per heavy atom. The summed E-state index contributed by atoms with van der Waals surface area (Å²) in [6.45, 7) is 0.187. The predicted octanol–water partition coefficient (Wildman–Crippen LogP) is 2.81. The number of methoxy groups -OCH3 is 1. The van der Waals surface area contributed by atoms with Crippen LogP contribution >= 0.6 is 0 Å². The van der Waals surface area contributed by atoms with Crippen LogP contribution < -0.4 is 15.2 Å². The Kier molecular flexibility index (Phi) is 5.53. The molecule has 2 N–H and O–H groups in total. The van der Waals surface area contributed by atoms with Crippen LogP contribution in [0.15, 0.2) is 48.0 Å². The highest BCUT2D eigenvalue weighted by molar-refractivity contribution is 6.00. The summed E-state index contributed by atoms with van der Waals surface area (Å²) in [7, 11) is 1.51. The quantitative estimate of drug-likeness (QED) is 0.653. The molecule has 0 bridgehead atoms. The van der Waals surface area contributed by atoms with Crippen molar-refractivity contribution in [1.29, 1.82) is 5.26 Å². The highest BCUT2D eigenvalue weighted by Crippen LogP contribution is 2.27. The lowest BCUT2D eigenvalue weighted by Crippen LogP contribution is -2.12. The second-order valence-corrected chi connectivity index (χ2v) is 4.85. The molecule has 5 nitrogen and oxygen atoms in total. The summed E-state index contributed by atoms with van der Waals surface area (Å²) in [5, 5.41) is 8.96. The van der Waals surface area contributed by atoms with Gasteiger partial charge in [0.2, 0.25) is 0 Å². The molecule has 0 spiro atoms. The van der Waals surface area contributed by atoms with E-state index in [2.05, 4.69) is 0 Å². The van der Waals surface area contributed by atoms with Gasteiger partial charge >= 0.3 is 0 Å². The molecule has 0 atom stereocenters. The van der Waals surface area contributed by atoms with Gasteiger partial charge in [-0.1, -0.05) is 12.1 Å². The molecular formula is C18H15FN2O3. The summed E-state index contributed by atoms with van der Waals surface area (Å²) in [6.07, 6.45) is 1.35. The molecule has 0 saturated carbocycles. The van der Waals surface area contributed by atoms with E-state index in [9.17, 15) is 9.18 Å². The number of nitrogens with two attached hydrogens (primary N) is 1. The Labute approximate surface area is 138 Å². The number of primary amides is 1. The smallest absolute Gasteiger partial charge is 0.259 e. The SMILES string of the molecule is COc1ccc(/C=C(\C#N)C(N)=O)c(OCc2ccc(F)cc2)c1. The fourth-order valence-electron chi connectivity index (χ4n) is 1.94. The number of carbonyl (C=O) groups is 1. The first-order valence-electron chi connectivity index (χ1n) is 7.00. The zero-order valence-electron chi connectivity index (χ0n) is 13.0. The van der Waals surface area contributed by atoms with E-state index in [1.807, 2.05) is 0 Å². The van der Waals surface area contributed by atoms with E-state index in [-0.39, 0.29) is 18.0 Å². The normalized spacial score (nSPS) is 10.8. The minimum atomic E-state index is -0.821. The topological polar surface area (TPSA) is 85.3 Å². The van der Waals surface area contributed by atoms with Gasteiger partial charge in [-0.2, -0.15) is 5.26 Å². The van der Waals surface area contributed by atoms with Crippen LogP contribution in [0.2, 0.25) is 0 Å². The van der Waals surface area contributed by atoms with Gasteiger partial charge in [-0.3, -0.25) is 4.79 Å². The molecule has 0 saturated heterocycles. The summed E-state index contributed by atoms with van der Waals surface area (Å²) >= 11 is 0. The molecule has 0 aliphatic rings. The van der Waals surface area contributed by atoms with Crippen LogP contribution in [-0.4, -0.2) is 13.0 Å². The molecule has 0 fully saturated rings. The van der Waals surface area contributed by atoms with Gasteiger partial charge in [0.15, 0.2) is 0 Å². The number of amides is 1. The van der Waals surface area contributed by atoms with Crippen molar-refractivity contribution in [3.63, 3.8) is 0 Å². The zero-order chi connectivity index (χ0) is 17.5. The van der Waals surface area contributed by atoms with Gasteiger partial charge in [-0.15, -0.1) is 0 Å². The Balaban J connectivity index is 2.30. The molecule has 0 heterocycles. The molecular weight excluding hydrogens is 311 g/mol.